The standard InChI is InChI=1S/C16H16O3/c1-3-4-5-6-9-18-13-7-8-14-12(2)10-16(17)19-15(14)11-13/h1,7-8,10-11H,4-6,9H2,2H3. The molecule has 1 aromatic heterocycles. The van der Waals surface area contributed by atoms with Crippen molar-refractivity contribution in [1.82, 2.24) is 0 Å². The van der Waals surface area contributed by atoms with Gasteiger partial charge >= 0.3 is 5.63 Å². The Labute approximate surface area is 112 Å². The van der Waals surface area contributed by atoms with Crippen LogP contribution in [0, 0.1) is 19.3 Å². The largest absolute Gasteiger partial charge is 0.493 e. The van der Waals surface area contributed by atoms with Gasteiger partial charge in [0.1, 0.15) is 11.3 Å². The minimum absolute atomic E-state index is 0.337. The monoisotopic (exact) mass is 256 g/mol. The van der Waals surface area contributed by atoms with Gasteiger partial charge in [-0.1, -0.05) is 0 Å². The van der Waals surface area contributed by atoms with Crippen LogP contribution >= 0.6 is 0 Å². The average Bonchev–Trinajstić information content (AvgIpc) is 2.38. The second-order valence-electron chi connectivity index (χ2n) is 4.42. The van der Waals surface area contributed by atoms with Gasteiger partial charge in [0.15, 0.2) is 0 Å². The van der Waals surface area contributed by atoms with Gasteiger partial charge in [-0.15, -0.1) is 12.3 Å². The Morgan fingerprint density at radius 1 is 1.32 bits per heavy atom. The molecule has 1 aromatic carbocycles. The first kappa shape index (κ1) is 13.2. The van der Waals surface area contributed by atoms with Crippen molar-refractivity contribution >= 4 is 11.0 Å². The lowest BCUT2D eigenvalue weighted by Gasteiger charge is -2.07. The molecule has 0 aliphatic rings. The van der Waals surface area contributed by atoms with Gasteiger partial charge in [0.25, 0.3) is 0 Å². The Bertz CT molecular complexity index is 662. The highest BCUT2D eigenvalue weighted by Crippen LogP contribution is 2.22. The van der Waals surface area contributed by atoms with Gasteiger partial charge in [-0.2, -0.15) is 0 Å². The van der Waals surface area contributed by atoms with Gasteiger partial charge in [-0.25, -0.2) is 4.79 Å². The molecule has 3 heteroatoms. The van der Waals surface area contributed by atoms with Crippen LogP contribution in [0.5, 0.6) is 5.75 Å². The van der Waals surface area contributed by atoms with Crippen molar-refractivity contribution in [3.05, 3.63) is 40.2 Å². The molecule has 0 fully saturated rings. The minimum atomic E-state index is -0.337. The number of unbranched alkanes of at least 4 members (excludes halogenated alkanes) is 2. The molecule has 0 spiro atoms. The van der Waals surface area contributed by atoms with E-state index in [1.807, 2.05) is 19.1 Å². The Hall–Kier alpha value is -2.21. The molecule has 19 heavy (non-hydrogen) atoms. The number of ether oxygens (including phenoxy) is 1. The summed E-state index contributed by atoms with van der Waals surface area (Å²) in [5, 5.41) is 0.930. The van der Waals surface area contributed by atoms with Gasteiger partial charge in [0, 0.05) is 23.9 Å². The van der Waals surface area contributed by atoms with Crippen molar-refractivity contribution in [2.24, 2.45) is 0 Å². The van der Waals surface area contributed by atoms with Crippen LogP contribution in [0.2, 0.25) is 0 Å². The molecule has 0 N–H and O–H groups in total. The first-order valence-corrected chi connectivity index (χ1v) is 6.31. The van der Waals surface area contributed by atoms with E-state index in [1.54, 1.807) is 6.07 Å². The molecule has 0 saturated heterocycles. The SMILES string of the molecule is C#CCCCCOc1ccc2c(C)cc(=O)oc2c1. The van der Waals surface area contributed by atoms with E-state index in [1.165, 1.54) is 6.07 Å². The summed E-state index contributed by atoms with van der Waals surface area (Å²) >= 11 is 0. The quantitative estimate of drug-likeness (QED) is 0.468. The molecule has 0 aliphatic heterocycles. The van der Waals surface area contributed by atoms with E-state index in [-0.39, 0.29) is 5.63 Å². The topological polar surface area (TPSA) is 39.4 Å². The van der Waals surface area contributed by atoms with Gasteiger partial charge in [-0.3, -0.25) is 0 Å². The summed E-state index contributed by atoms with van der Waals surface area (Å²) in [6.45, 7) is 2.50. The summed E-state index contributed by atoms with van der Waals surface area (Å²) < 4.78 is 10.8. The lowest BCUT2D eigenvalue weighted by molar-refractivity contribution is 0.307. The molecule has 0 atom stereocenters. The second kappa shape index (κ2) is 6.10. The summed E-state index contributed by atoms with van der Waals surface area (Å²) in [4.78, 5) is 11.3. The molecule has 2 aromatic rings. The zero-order valence-corrected chi connectivity index (χ0v) is 10.9. The summed E-state index contributed by atoms with van der Waals surface area (Å²) in [6.07, 6.45) is 7.83. The normalized spacial score (nSPS) is 10.3. The molecular weight excluding hydrogens is 240 g/mol. The molecule has 0 amide bonds. The zero-order valence-electron chi connectivity index (χ0n) is 10.9. The Balaban J connectivity index is 2.09. The van der Waals surface area contributed by atoms with Crippen molar-refractivity contribution in [3.63, 3.8) is 0 Å². The minimum Gasteiger partial charge on any atom is -0.493 e. The molecule has 0 unspecified atom stereocenters. The maximum Gasteiger partial charge on any atom is 0.336 e. The van der Waals surface area contributed by atoms with E-state index in [0.29, 0.717) is 17.9 Å². The van der Waals surface area contributed by atoms with Crippen molar-refractivity contribution in [2.75, 3.05) is 6.61 Å². The first-order chi connectivity index (χ1) is 9.20. The van der Waals surface area contributed by atoms with E-state index >= 15 is 0 Å². The van der Waals surface area contributed by atoms with Gasteiger partial charge in [-0.05, 0) is 37.5 Å². The highest BCUT2D eigenvalue weighted by Gasteiger charge is 2.03. The van der Waals surface area contributed by atoms with Crippen LogP contribution in [0.3, 0.4) is 0 Å². The molecule has 0 aliphatic carbocycles. The van der Waals surface area contributed by atoms with E-state index in [0.717, 1.165) is 30.2 Å². The van der Waals surface area contributed by atoms with Crippen molar-refractivity contribution < 1.29 is 9.15 Å². The van der Waals surface area contributed by atoms with E-state index in [9.17, 15) is 4.79 Å². The van der Waals surface area contributed by atoms with Crippen LogP contribution in [0.4, 0.5) is 0 Å². The fourth-order valence-electron chi connectivity index (χ4n) is 1.91. The third-order valence-corrected chi connectivity index (χ3v) is 2.91. The molecule has 1 heterocycles. The average molecular weight is 256 g/mol. The molecule has 0 bridgehead atoms. The number of terminal acetylenes is 1. The Kier molecular flexibility index (Phi) is 4.25. The van der Waals surface area contributed by atoms with Gasteiger partial charge in [0.2, 0.25) is 0 Å². The number of hydrogen-bond donors (Lipinski definition) is 0. The summed E-state index contributed by atoms with van der Waals surface area (Å²) in [5.74, 6) is 3.31. The van der Waals surface area contributed by atoms with Crippen molar-refractivity contribution in [3.8, 4) is 18.1 Å². The van der Waals surface area contributed by atoms with Crippen LogP contribution in [0.15, 0.2) is 33.5 Å². The van der Waals surface area contributed by atoms with Crippen LogP contribution in [-0.2, 0) is 0 Å². The molecule has 0 saturated carbocycles. The molecule has 98 valence electrons. The zero-order chi connectivity index (χ0) is 13.7. The smallest absolute Gasteiger partial charge is 0.336 e. The van der Waals surface area contributed by atoms with Gasteiger partial charge in [0.05, 0.1) is 6.61 Å². The summed E-state index contributed by atoms with van der Waals surface area (Å²) in [7, 11) is 0. The fraction of sp³-hybridized carbons (Fsp3) is 0.312. The number of fused-ring (bicyclic) bond motifs is 1. The van der Waals surface area contributed by atoms with Crippen LogP contribution in [0.1, 0.15) is 24.8 Å². The number of aryl methyl sites for hydroxylation is 1. The summed E-state index contributed by atoms with van der Waals surface area (Å²) in [6, 6.07) is 7.04. The van der Waals surface area contributed by atoms with E-state index in [2.05, 4.69) is 5.92 Å². The van der Waals surface area contributed by atoms with Crippen molar-refractivity contribution in [1.29, 1.82) is 0 Å². The van der Waals surface area contributed by atoms with E-state index < -0.39 is 0 Å². The summed E-state index contributed by atoms with van der Waals surface area (Å²) in [5.41, 5.74) is 1.13. The molecular formula is C16H16O3. The Morgan fingerprint density at radius 3 is 2.95 bits per heavy atom. The third-order valence-electron chi connectivity index (χ3n) is 2.91. The maximum atomic E-state index is 11.3. The Morgan fingerprint density at radius 2 is 2.16 bits per heavy atom. The van der Waals surface area contributed by atoms with Gasteiger partial charge < -0.3 is 9.15 Å². The second-order valence-corrected chi connectivity index (χ2v) is 4.42. The van der Waals surface area contributed by atoms with Crippen molar-refractivity contribution in [2.45, 2.75) is 26.2 Å². The van der Waals surface area contributed by atoms with Crippen LogP contribution in [0.25, 0.3) is 11.0 Å². The molecule has 3 nitrogen and oxygen atoms in total. The highest BCUT2D eigenvalue weighted by molar-refractivity contribution is 5.81. The van der Waals surface area contributed by atoms with Crippen LogP contribution < -0.4 is 10.4 Å². The predicted octanol–water partition coefficient (Wildman–Crippen LogP) is 3.28. The molecule has 2 rings (SSSR count). The first-order valence-electron chi connectivity index (χ1n) is 6.31. The van der Waals surface area contributed by atoms with Crippen LogP contribution in [-0.4, -0.2) is 6.61 Å². The number of hydrogen-bond acceptors (Lipinski definition) is 3. The molecule has 0 radical (unpaired) electrons. The third kappa shape index (κ3) is 3.38. The fourth-order valence-corrected chi connectivity index (χ4v) is 1.91. The lowest BCUT2D eigenvalue weighted by Crippen LogP contribution is -1.99. The lowest BCUT2D eigenvalue weighted by atomic mass is 10.1. The highest BCUT2D eigenvalue weighted by atomic mass is 16.5. The predicted molar refractivity (Wildman–Crippen MR) is 75.4 cm³/mol. The van der Waals surface area contributed by atoms with E-state index in [4.69, 9.17) is 15.6 Å². The maximum absolute atomic E-state index is 11.3. The number of rotatable bonds is 5. The number of benzene rings is 1.